The lowest BCUT2D eigenvalue weighted by molar-refractivity contribution is -0.185. The van der Waals surface area contributed by atoms with Gasteiger partial charge in [0.2, 0.25) is 5.75 Å². The third kappa shape index (κ3) is 9.25. The maximum absolute atomic E-state index is 13.6. The van der Waals surface area contributed by atoms with Crippen molar-refractivity contribution in [3.63, 3.8) is 0 Å². The monoisotopic (exact) mass is 808 g/mol. The summed E-state index contributed by atoms with van der Waals surface area (Å²) in [7, 11) is 4.45. The lowest BCUT2D eigenvalue weighted by atomic mass is 9.87. The van der Waals surface area contributed by atoms with Gasteiger partial charge in [-0.15, -0.1) is 0 Å². The number of aromatic nitrogens is 2. The average molecular weight is 809 g/mol. The number of methoxy groups -OCH3 is 3. The van der Waals surface area contributed by atoms with Crippen molar-refractivity contribution in [1.82, 2.24) is 8.75 Å². The molecule has 0 spiro atoms. The number of benzene rings is 6. The first-order valence-corrected chi connectivity index (χ1v) is 19.2. The van der Waals surface area contributed by atoms with Crippen LogP contribution in [-0.2, 0) is 35.0 Å². The van der Waals surface area contributed by atoms with Crippen LogP contribution in [0.25, 0.3) is 16.6 Å². The van der Waals surface area contributed by atoms with Crippen LogP contribution in [0.15, 0.2) is 145 Å². The van der Waals surface area contributed by atoms with Crippen molar-refractivity contribution in [2.45, 2.75) is 25.4 Å². The number of esters is 1. The molecule has 0 saturated carbocycles. The fourth-order valence-corrected chi connectivity index (χ4v) is 7.04. The van der Waals surface area contributed by atoms with Crippen LogP contribution in [0.1, 0.15) is 38.2 Å². The lowest BCUT2D eigenvalue weighted by Gasteiger charge is -2.27. The van der Waals surface area contributed by atoms with Crippen LogP contribution in [-0.4, -0.2) is 47.4 Å². The molecule has 2 heterocycles. The molecule has 11 nitrogen and oxygen atoms in total. The average Bonchev–Trinajstić information content (AvgIpc) is 3.86. The van der Waals surface area contributed by atoms with Gasteiger partial charge in [-0.25, -0.2) is 4.79 Å². The van der Waals surface area contributed by atoms with Gasteiger partial charge in [-0.05, 0) is 82.9 Å². The minimum atomic E-state index is -2.13. The Morgan fingerprint density at radius 3 is 1.76 bits per heavy atom. The molecule has 59 heavy (non-hydrogen) atoms. The van der Waals surface area contributed by atoms with Crippen molar-refractivity contribution in [2.75, 3.05) is 21.3 Å². The highest BCUT2D eigenvalue weighted by Crippen LogP contribution is 2.49. The number of aldehydes is 1. The molecular weight excluding hydrogens is 769 g/mol. The van der Waals surface area contributed by atoms with Crippen molar-refractivity contribution in [3.05, 3.63) is 178 Å². The molecule has 1 aliphatic heterocycles. The maximum Gasteiger partial charge on any atom is 0.342 e. The smallest absolute Gasteiger partial charge is 0.342 e. The van der Waals surface area contributed by atoms with E-state index in [2.05, 4.69) is 8.75 Å². The van der Waals surface area contributed by atoms with E-state index in [0.29, 0.717) is 63.9 Å². The van der Waals surface area contributed by atoms with Gasteiger partial charge in [0.1, 0.15) is 42.0 Å². The van der Waals surface area contributed by atoms with Gasteiger partial charge in [-0.3, -0.25) is 4.79 Å². The summed E-state index contributed by atoms with van der Waals surface area (Å²) in [5.41, 5.74) is 6.45. The Balaban J connectivity index is 0.000000276. The Morgan fingerprint density at radius 1 is 0.661 bits per heavy atom. The maximum atomic E-state index is 13.6. The Kier molecular flexibility index (Phi) is 12.6. The van der Waals surface area contributed by atoms with Gasteiger partial charge in [0, 0.05) is 23.1 Å². The number of fused-ring (bicyclic) bond motifs is 1. The molecule has 0 saturated heterocycles. The number of cyclic esters (lactones) is 1. The van der Waals surface area contributed by atoms with Gasteiger partial charge in [0.15, 0.2) is 11.5 Å². The van der Waals surface area contributed by atoms with Crippen molar-refractivity contribution in [2.24, 2.45) is 0 Å². The molecule has 0 radical (unpaired) electrons. The van der Waals surface area contributed by atoms with E-state index in [1.165, 1.54) is 21.3 Å². The summed E-state index contributed by atoms with van der Waals surface area (Å²) < 4.78 is 42.4. The molecule has 1 aliphatic rings. The van der Waals surface area contributed by atoms with E-state index in [1.807, 2.05) is 84.9 Å². The highest BCUT2D eigenvalue weighted by molar-refractivity contribution is 7.00. The highest BCUT2D eigenvalue weighted by atomic mass is 32.1. The molecule has 1 aromatic heterocycles. The van der Waals surface area contributed by atoms with Crippen molar-refractivity contribution >= 4 is 40.6 Å². The van der Waals surface area contributed by atoms with Crippen LogP contribution >= 0.6 is 11.7 Å². The third-order valence-corrected chi connectivity index (χ3v) is 10.1. The van der Waals surface area contributed by atoms with E-state index in [1.54, 1.807) is 54.6 Å². The largest absolute Gasteiger partial charge is 0.493 e. The fraction of sp³-hybridized carbons (Fsp3) is 0.149. The quantitative estimate of drug-likeness (QED) is 0.0835. The van der Waals surface area contributed by atoms with E-state index in [0.717, 1.165) is 40.5 Å². The van der Waals surface area contributed by atoms with Crippen molar-refractivity contribution in [1.29, 1.82) is 0 Å². The van der Waals surface area contributed by atoms with E-state index >= 15 is 0 Å². The molecule has 1 N–H and O–H groups in total. The predicted molar refractivity (Wildman–Crippen MR) is 224 cm³/mol. The fourth-order valence-electron chi connectivity index (χ4n) is 6.52. The van der Waals surface area contributed by atoms with Crippen LogP contribution in [0.2, 0.25) is 0 Å². The molecule has 7 aromatic rings. The molecule has 6 aromatic carbocycles. The van der Waals surface area contributed by atoms with E-state index in [9.17, 15) is 14.7 Å². The summed E-state index contributed by atoms with van der Waals surface area (Å²) >= 11 is 1.09. The van der Waals surface area contributed by atoms with E-state index in [-0.39, 0.29) is 17.6 Å². The summed E-state index contributed by atoms with van der Waals surface area (Å²) in [4.78, 5) is 24.0. The van der Waals surface area contributed by atoms with Gasteiger partial charge < -0.3 is 33.5 Å². The van der Waals surface area contributed by atoms with E-state index in [4.69, 9.17) is 28.4 Å². The first kappa shape index (κ1) is 40.2. The first-order valence-electron chi connectivity index (χ1n) is 18.5. The van der Waals surface area contributed by atoms with Gasteiger partial charge >= 0.3 is 5.97 Å². The minimum Gasteiger partial charge on any atom is -0.493 e. The number of hydrogen-bond acceptors (Lipinski definition) is 12. The molecule has 0 amide bonds. The summed E-state index contributed by atoms with van der Waals surface area (Å²) in [6.45, 7) is 0.980. The second-order valence-corrected chi connectivity index (χ2v) is 13.9. The van der Waals surface area contributed by atoms with E-state index < -0.39 is 11.8 Å². The third-order valence-electron chi connectivity index (χ3n) is 9.57. The number of carbonyl (C=O) groups excluding carboxylic acids is 2. The minimum absolute atomic E-state index is 0.195. The number of carbonyl (C=O) groups is 2. The van der Waals surface area contributed by atoms with Crippen LogP contribution in [0.3, 0.4) is 0 Å². The van der Waals surface area contributed by atoms with Gasteiger partial charge in [0.25, 0.3) is 5.79 Å². The molecule has 1 atom stereocenters. The molecule has 298 valence electrons. The van der Waals surface area contributed by atoms with Gasteiger partial charge in [0.05, 0.1) is 38.6 Å². The second kappa shape index (κ2) is 18.5. The molecule has 1 unspecified atom stereocenters. The number of rotatable bonds is 14. The molecular formula is C47H40N2O9S. The highest BCUT2D eigenvalue weighted by Gasteiger charge is 2.49. The molecule has 8 rings (SSSR count). The zero-order valence-electron chi connectivity index (χ0n) is 32.5. The van der Waals surface area contributed by atoms with Crippen molar-refractivity contribution in [3.8, 4) is 28.7 Å². The Bertz CT molecular complexity index is 2530. The Morgan fingerprint density at radius 2 is 1.22 bits per heavy atom. The number of nitrogens with zero attached hydrogens (tertiary/aromatic N) is 2. The predicted octanol–water partition coefficient (Wildman–Crippen LogP) is 8.77. The Labute approximate surface area is 345 Å². The van der Waals surface area contributed by atoms with Gasteiger partial charge in [-0.1, -0.05) is 78.9 Å². The lowest BCUT2D eigenvalue weighted by Crippen LogP contribution is -2.30. The van der Waals surface area contributed by atoms with Crippen LogP contribution in [0, 0.1) is 0 Å². The second-order valence-electron chi connectivity index (χ2n) is 13.3. The van der Waals surface area contributed by atoms with Crippen LogP contribution in [0.4, 0.5) is 0 Å². The van der Waals surface area contributed by atoms with Crippen molar-refractivity contribution < 1.29 is 43.1 Å². The SMILES string of the molecule is COc1cc(C2(O)OC(=O)C(c3ccc4nsnc4c3)=C2Cc2ccc(OCc3ccccc3)cc2)cc(OC)c1OC.O=Cc1ccc(OCc2ccccc2)cc1. The van der Waals surface area contributed by atoms with Crippen LogP contribution < -0.4 is 23.7 Å². The number of ether oxygens (including phenoxy) is 6. The summed E-state index contributed by atoms with van der Waals surface area (Å²) in [6.07, 6.45) is 1.02. The molecule has 12 heteroatoms. The number of aliphatic hydroxyl groups is 1. The zero-order valence-corrected chi connectivity index (χ0v) is 33.3. The topological polar surface area (TPSA) is 136 Å². The molecule has 0 fully saturated rings. The zero-order chi connectivity index (χ0) is 41.2. The number of hydrogen-bond donors (Lipinski definition) is 1. The summed E-state index contributed by atoms with van der Waals surface area (Å²) in [5, 5.41) is 12.2. The van der Waals surface area contributed by atoms with Gasteiger partial charge in [-0.2, -0.15) is 8.75 Å². The van der Waals surface area contributed by atoms with Crippen LogP contribution in [0.5, 0.6) is 28.7 Å². The Hall–Kier alpha value is -7.02. The normalized spacial score (nSPS) is 14.5. The summed E-state index contributed by atoms with van der Waals surface area (Å²) in [5.74, 6) is -0.363. The molecule has 0 bridgehead atoms. The first-order chi connectivity index (χ1) is 28.8. The molecule has 0 aliphatic carbocycles. The standard InChI is InChI=1S/C33H28N2O7S.C14H12O2/c1-38-28-17-23(18-29(39-2)31(28)40-3)33(37)25(30(32(36)42-33)22-11-14-26-27(16-22)35-43-34-26)15-20-9-12-24(13-10-20)41-19-21-7-5-4-6-8-21;15-10-12-6-8-14(9-7-12)16-11-13-4-2-1-3-5-13/h4-14,16-18,37H,15,19H2,1-3H3;1-10H,11H2. The summed E-state index contributed by atoms with van der Waals surface area (Å²) in [6, 6.07) is 43.0.